The molecule has 0 fully saturated rings. The number of phenols is 1. The van der Waals surface area contributed by atoms with E-state index in [4.69, 9.17) is 11.6 Å². The molecule has 7 heteroatoms. The van der Waals surface area contributed by atoms with Crippen LogP contribution in [0.4, 0.5) is 0 Å². The Bertz CT molecular complexity index is 1190. The van der Waals surface area contributed by atoms with Crippen molar-refractivity contribution in [1.29, 1.82) is 0 Å². The van der Waals surface area contributed by atoms with Crippen LogP contribution in [0.3, 0.4) is 0 Å². The molecule has 5 nitrogen and oxygen atoms in total. The SMILES string of the molecule is CCCc1nnc(SCc2ccc(Cl)cc2)n1/N=C/c1c(O)ccc2ccccc12. The number of thioether (sulfide) groups is 1. The minimum absolute atomic E-state index is 0.193. The smallest absolute Gasteiger partial charge is 0.212 e. The van der Waals surface area contributed by atoms with Crippen molar-refractivity contribution in [3.63, 3.8) is 0 Å². The monoisotopic (exact) mass is 436 g/mol. The minimum Gasteiger partial charge on any atom is -0.507 e. The summed E-state index contributed by atoms with van der Waals surface area (Å²) in [5, 5.41) is 27.2. The molecule has 30 heavy (non-hydrogen) atoms. The van der Waals surface area contributed by atoms with Crippen molar-refractivity contribution >= 4 is 40.3 Å². The molecule has 0 saturated carbocycles. The molecule has 4 rings (SSSR count). The van der Waals surface area contributed by atoms with E-state index < -0.39 is 0 Å². The lowest BCUT2D eigenvalue weighted by molar-refractivity contribution is 0.475. The first-order valence-electron chi connectivity index (χ1n) is 9.72. The second-order valence-electron chi connectivity index (χ2n) is 6.84. The van der Waals surface area contributed by atoms with Gasteiger partial charge in [-0.15, -0.1) is 10.2 Å². The molecule has 1 N–H and O–H groups in total. The van der Waals surface area contributed by atoms with Crippen LogP contribution in [0.1, 0.15) is 30.3 Å². The van der Waals surface area contributed by atoms with Crippen LogP contribution < -0.4 is 0 Å². The molecule has 152 valence electrons. The predicted molar refractivity (Wildman–Crippen MR) is 124 cm³/mol. The third-order valence-electron chi connectivity index (χ3n) is 4.68. The first-order chi connectivity index (χ1) is 14.7. The lowest BCUT2D eigenvalue weighted by Crippen LogP contribution is -2.00. The van der Waals surface area contributed by atoms with Gasteiger partial charge in [-0.3, -0.25) is 0 Å². The van der Waals surface area contributed by atoms with Gasteiger partial charge in [-0.1, -0.05) is 72.8 Å². The molecule has 0 aliphatic heterocycles. The van der Waals surface area contributed by atoms with E-state index in [1.54, 1.807) is 28.7 Å². The number of rotatable bonds is 7. The Labute approximate surface area is 184 Å². The van der Waals surface area contributed by atoms with Crippen LogP contribution in [0, 0.1) is 0 Å². The van der Waals surface area contributed by atoms with E-state index in [0.29, 0.717) is 10.7 Å². The predicted octanol–water partition coefficient (Wildman–Crippen LogP) is 5.92. The number of nitrogens with zero attached hydrogens (tertiary/aromatic N) is 4. The van der Waals surface area contributed by atoms with E-state index in [1.165, 1.54) is 0 Å². The van der Waals surface area contributed by atoms with Crippen molar-refractivity contribution in [2.24, 2.45) is 5.10 Å². The number of hydrogen-bond acceptors (Lipinski definition) is 5. The third-order valence-corrected chi connectivity index (χ3v) is 5.92. The maximum atomic E-state index is 10.4. The molecule has 0 atom stereocenters. The first-order valence-corrected chi connectivity index (χ1v) is 11.1. The van der Waals surface area contributed by atoms with Crippen LogP contribution in [0.2, 0.25) is 5.02 Å². The highest BCUT2D eigenvalue weighted by Gasteiger charge is 2.12. The van der Waals surface area contributed by atoms with Crippen LogP contribution in [-0.2, 0) is 12.2 Å². The van der Waals surface area contributed by atoms with Crippen LogP contribution >= 0.6 is 23.4 Å². The molecule has 4 aromatic rings. The van der Waals surface area contributed by atoms with Crippen molar-refractivity contribution in [3.8, 4) is 5.75 Å². The van der Waals surface area contributed by atoms with Crippen molar-refractivity contribution in [2.75, 3.05) is 0 Å². The number of hydrogen-bond donors (Lipinski definition) is 1. The Balaban J connectivity index is 1.65. The second-order valence-corrected chi connectivity index (χ2v) is 8.22. The van der Waals surface area contributed by atoms with E-state index in [1.807, 2.05) is 54.6 Å². The highest BCUT2D eigenvalue weighted by Crippen LogP contribution is 2.27. The summed E-state index contributed by atoms with van der Waals surface area (Å²) in [6.07, 6.45) is 3.40. The number of aryl methyl sites for hydroxylation is 1. The number of aromatic nitrogens is 3. The summed E-state index contributed by atoms with van der Waals surface area (Å²) in [6, 6.07) is 19.3. The molecule has 0 saturated heterocycles. The molecular formula is C23H21ClN4OS. The maximum absolute atomic E-state index is 10.4. The van der Waals surface area contributed by atoms with Gasteiger partial charge in [0, 0.05) is 22.8 Å². The number of aromatic hydroxyl groups is 1. The third kappa shape index (κ3) is 4.50. The van der Waals surface area contributed by atoms with Gasteiger partial charge in [0.25, 0.3) is 0 Å². The molecule has 1 aromatic heterocycles. The van der Waals surface area contributed by atoms with Crippen LogP contribution in [-0.4, -0.2) is 26.2 Å². The molecule has 3 aromatic carbocycles. The van der Waals surface area contributed by atoms with Gasteiger partial charge < -0.3 is 5.11 Å². The van der Waals surface area contributed by atoms with Gasteiger partial charge in [0.15, 0.2) is 5.82 Å². The van der Waals surface area contributed by atoms with E-state index in [-0.39, 0.29) is 5.75 Å². The summed E-state index contributed by atoms with van der Waals surface area (Å²) in [5.74, 6) is 1.72. The number of benzene rings is 3. The zero-order chi connectivity index (χ0) is 20.9. The summed E-state index contributed by atoms with van der Waals surface area (Å²) in [4.78, 5) is 0. The van der Waals surface area contributed by atoms with E-state index >= 15 is 0 Å². The van der Waals surface area contributed by atoms with Gasteiger partial charge in [0.2, 0.25) is 5.16 Å². The zero-order valence-corrected chi connectivity index (χ0v) is 18.1. The summed E-state index contributed by atoms with van der Waals surface area (Å²) in [5.41, 5.74) is 1.82. The summed E-state index contributed by atoms with van der Waals surface area (Å²) in [7, 11) is 0. The molecule has 0 bridgehead atoms. The van der Waals surface area contributed by atoms with E-state index in [2.05, 4.69) is 22.2 Å². The van der Waals surface area contributed by atoms with Gasteiger partial charge >= 0.3 is 0 Å². The van der Waals surface area contributed by atoms with Crippen LogP contribution in [0.15, 0.2) is 70.9 Å². The largest absolute Gasteiger partial charge is 0.507 e. The van der Waals surface area contributed by atoms with Crippen LogP contribution in [0.25, 0.3) is 10.8 Å². The Hall–Kier alpha value is -2.83. The number of halogens is 1. The van der Waals surface area contributed by atoms with Crippen LogP contribution in [0.5, 0.6) is 5.75 Å². The fraction of sp³-hybridized carbons (Fsp3) is 0.174. The second kappa shape index (κ2) is 9.32. The highest BCUT2D eigenvalue weighted by atomic mass is 35.5. The summed E-state index contributed by atoms with van der Waals surface area (Å²) < 4.78 is 1.77. The van der Waals surface area contributed by atoms with Crippen molar-refractivity contribution in [2.45, 2.75) is 30.7 Å². The fourth-order valence-electron chi connectivity index (χ4n) is 3.14. The minimum atomic E-state index is 0.193. The standard InChI is InChI=1S/C23H21ClN4OS/c1-2-5-22-26-27-23(30-15-16-8-11-18(24)12-9-16)28(22)25-14-20-19-7-4-3-6-17(19)10-13-21(20)29/h3-4,6-14,29H,2,5,15H2,1H3/b25-14+. The van der Waals surface area contributed by atoms with Crippen molar-refractivity contribution in [1.82, 2.24) is 14.9 Å². The van der Waals surface area contributed by atoms with E-state index in [9.17, 15) is 5.11 Å². The average molecular weight is 437 g/mol. The van der Waals surface area contributed by atoms with Gasteiger partial charge in [-0.05, 0) is 41.0 Å². The first kappa shape index (κ1) is 20.4. The summed E-state index contributed by atoms with van der Waals surface area (Å²) in [6.45, 7) is 2.10. The van der Waals surface area contributed by atoms with E-state index in [0.717, 1.165) is 45.8 Å². The summed E-state index contributed by atoms with van der Waals surface area (Å²) >= 11 is 7.54. The number of fused-ring (bicyclic) bond motifs is 1. The molecule has 0 amide bonds. The molecular weight excluding hydrogens is 416 g/mol. The normalized spacial score (nSPS) is 11.5. The van der Waals surface area contributed by atoms with Gasteiger partial charge in [-0.25, -0.2) is 0 Å². The average Bonchev–Trinajstić information content (AvgIpc) is 3.14. The molecule has 0 radical (unpaired) electrons. The molecule has 0 unspecified atom stereocenters. The maximum Gasteiger partial charge on any atom is 0.212 e. The lowest BCUT2D eigenvalue weighted by Gasteiger charge is -2.07. The lowest BCUT2D eigenvalue weighted by atomic mass is 10.0. The van der Waals surface area contributed by atoms with Gasteiger partial charge in [0.05, 0.1) is 6.21 Å². The molecule has 0 spiro atoms. The van der Waals surface area contributed by atoms with Gasteiger partial charge in [0.1, 0.15) is 5.75 Å². The van der Waals surface area contributed by atoms with Gasteiger partial charge in [-0.2, -0.15) is 9.78 Å². The van der Waals surface area contributed by atoms with Crippen molar-refractivity contribution in [3.05, 3.63) is 82.6 Å². The quantitative estimate of drug-likeness (QED) is 0.288. The Morgan fingerprint density at radius 3 is 2.67 bits per heavy atom. The molecule has 0 aliphatic carbocycles. The Morgan fingerprint density at radius 2 is 1.87 bits per heavy atom. The van der Waals surface area contributed by atoms with Crippen molar-refractivity contribution < 1.29 is 5.11 Å². The fourth-order valence-corrected chi connectivity index (χ4v) is 4.13. The zero-order valence-electron chi connectivity index (χ0n) is 16.5. The highest BCUT2D eigenvalue weighted by molar-refractivity contribution is 7.98. The number of phenolic OH excluding ortho intramolecular Hbond substituents is 1. The molecule has 1 heterocycles. The Morgan fingerprint density at radius 1 is 1.07 bits per heavy atom. The molecule has 0 aliphatic rings. The topological polar surface area (TPSA) is 63.3 Å². The Kier molecular flexibility index (Phi) is 6.35.